The van der Waals surface area contributed by atoms with Crippen molar-refractivity contribution in [3.63, 3.8) is 0 Å². The fraction of sp³-hybridized carbons (Fsp3) is 0.882. The van der Waals surface area contributed by atoms with Crippen LogP contribution in [0.1, 0.15) is 44.9 Å². The molecule has 0 aliphatic rings. The Balaban J connectivity index is 6.00. The van der Waals surface area contributed by atoms with Gasteiger partial charge in [0, 0.05) is 6.42 Å². The summed E-state index contributed by atoms with van der Waals surface area (Å²) in [4.78, 5) is 0. The molecule has 0 saturated carbocycles. The van der Waals surface area contributed by atoms with E-state index in [1.165, 1.54) is 6.08 Å². The van der Waals surface area contributed by atoms with Crippen molar-refractivity contribution in [2.24, 2.45) is 0 Å². The van der Waals surface area contributed by atoms with Crippen LogP contribution in [0.2, 0.25) is 0 Å². The molecule has 0 radical (unpaired) electrons. The van der Waals surface area contributed by atoms with Gasteiger partial charge in [-0.25, -0.2) is 0 Å². The Hall–Kier alpha value is -1.45. The van der Waals surface area contributed by atoms with Crippen molar-refractivity contribution in [1.29, 1.82) is 0 Å². The van der Waals surface area contributed by atoms with Crippen molar-refractivity contribution in [2.75, 3.05) is 0 Å². The minimum atomic E-state index is -8.58. The van der Waals surface area contributed by atoms with Crippen molar-refractivity contribution in [2.45, 2.75) is 92.6 Å². The van der Waals surface area contributed by atoms with E-state index < -0.39 is 60.5 Å². The van der Waals surface area contributed by atoms with E-state index in [0.29, 0.717) is 19.3 Å². The molecular formula is C17H17F17. The molecular weight excluding hydrogens is 527 g/mol. The molecule has 0 fully saturated rings. The topological polar surface area (TPSA) is 0 Å². The Morgan fingerprint density at radius 3 is 1.12 bits per heavy atom. The summed E-state index contributed by atoms with van der Waals surface area (Å²) in [6.07, 6.45) is -8.84. The SMILES string of the molecule is C=CCCCCCCCC(F)(F)C(F)(F)C(F)(F)C(F)(F)C(F)(F)C(F)(F)C(F)(F)C(F)(F)F. The largest absolute Gasteiger partial charge is 0.460 e. The van der Waals surface area contributed by atoms with Gasteiger partial charge in [0.25, 0.3) is 0 Å². The minimum absolute atomic E-state index is 0.0405. The summed E-state index contributed by atoms with van der Waals surface area (Å²) in [5.74, 6) is -55.7. The Labute approximate surface area is 181 Å². The van der Waals surface area contributed by atoms with Crippen LogP contribution in [-0.2, 0) is 0 Å². The van der Waals surface area contributed by atoms with E-state index in [2.05, 4.69) is 6.58 Å². The first kappa shape index (κ1) is 32.5. The summed E-state index contributed by atoms with van der Waals surface area (Å²) < 4.78 is 223. The third kappa shape index (κ3) is 5.21. The van der Waals surface area contributed by atoms with E-state index in [9.17, 15) is 74.6 Å². The summed E-state index contributed by atoms with van der Waals surface area (Å²) in [5, 5.41) is 0. The molecule has 0 aliphatic heterocycles. The molecule has 0 spiro atoms. The van der Waals surface area contributed by atoms with Crippen LogP contribution in [0.4, 0.5) is 74.6 Å². The van der Waals surface area contributed by atoms with Gasteiger partial charge >= 0.3 is 47.6 Å². The van der Waals surface area contributed by atoms with Gasteiger partial charge in [0.2, 0.25) is 0 Å². The maximum Gasteiger partial charge on any atom is 0.460 e. The molecule has 0 atom stereocenters. The van der Waals surface area contributed by atoms with Crippen molar-refractivity contribution in [3.05, 3.63) is 12.7 Å². The Morgan fingerprint density at radius 1 is 0.412 bits per heavy atom. The Bertz CT molecular complexity index is 674. The standard InChI is InChI=1S/C17H17F17/c1-2-3-4-5-6-7-8-9-10(18,19)11(20,21)12(22,23)13(24,25)14(26,27)15(28,29)16(30,31)17(32,33)34/h2H,1,3-9H2. The summed E-state index contributed by atoms with van der Waals surface area (Å²) in [6.45, 7) is 3.34. The first-order chi connectivity index (χ1) is 14.8. The molecule has 0 aromatic carbocycles. The molecule has 0 heterocycles. The van der Waals surface area contributed by atoms with Crippen LogP contribution in [0.5, 0.6) is 0 Å². The number of allylic oxidation sites excluding steroid dienone is 1. The minimum Gasteiger partial charge on any atom is -0.200 e. The van der Waals surface area contributed by atoms with Gasteiger partial charge in [-0.05, 0) is 19.3 Å². The monoisotopic (exact) mass is 544 g/mol. The van der Waals surface area contributed by atoms with E-state index >= 15 is 0 Å². The average Bonchev–Trinajstić information content (AvgIpc) is 2.65. The first-order valence-corrected chi connectivity index (χ1v) is 9.13. The first-order valence-electron chi connectivity index (χ1n) is 9.13. The quantitative estimate of drug-likeness (QED) is 0.116. The van der Waals surface area contributed by atoms with Crippen molar-refractivity contribution < 1.29 is 74.6 Å². The molecule has 0 aliphatic carbocycles. The van der Waals surface area contributed by atoms with Crippen LogP contribution in [0.15, 0.2) is 12.7 Å². The zero-order valence-electron chi connectivity index (χ0n) is 16.7. The number of hydrogen-bond acceptors (Lipinski definition) is 0. The molecule has 204 valence electrons. The molecule has 0 amide bonds. The van der Waals surface area contributed by atoms with Gasteiger partial charge in [-0.15, -0.1) is 6.58 Å². The molecule has 17 heteroatoms. The number of unbranched alkanes of at least 4 members (excludes halogenated alkanes) is 5. The maximum absolute atomic E-state index is 13.6. The zero-order chi connectivity index (χ0) is 27.7. The maximum atomic E-state index is 13.6. The average molecular weight is 544 g/mol. The lowest BCUT2D eigenvalue weighted by Crippen LogP contribution is -2.74. The predicted octanol–water partition coefficient (Wildman–Crippen LogP) is 8.91. The molecule has 0 nitrogen and oxygen atoms in total. The second-order valence-corrected chi connectivity index (χ2v) is 7.24. The van der Waals surface area contributed by atoms with E-state index in [1.54, 1.807) is 0 Å². The fourth-order valence-corrected chi connectivity index (χ4v) is 2.52. The highest BCUT2D eigenvalue weighted by Crippen LogP contribution is 2.64. The van der Waals surface area contributed by atoms with Crippen LogP contribution in [0.3, 0.4) is 0 Å². The van der Waals surface area contributed by atoms with Gasteiger partial charge < -0.3 is 0 Å². The van der Waals surface area contributed by atoms with E-state index in [4.69, 9.17) is 0 Å². The van der Waals surface area contributed by atoms with Gasteiger partial charge in [0.05, 0.1) is 0 Å². The molecule has 0 aromatic heterocycles. The molecule has 0 bridgehead atoms. The van der Waals surface area contributed by atoms with Gasteiger partial charge in [0.1, 0.15) is 0 Å². The predicted molar refractivity (Wildman–Crippen MR) is 83.2 cm³/mol. The van der Waals surface area contributed by atoms with E-state index in [-0.39, 0.29) is 12.8 Å². The lowest BCUT2D eigenvalue weighted by molar-refractivity contribution is -0.461. The number of hydrogen-bond donors (Lipinski definition) is 0. The summed E-state index contributed by atoms with van der Waals surface area (Å²) in [7, 11) is 0. The van der Waals surface area contributed by atoms with Gasteiger partial charge in [-0.3, -0.25) is 0 Å². The third-order valence-corrected chi connectivity index (χ3v) is 4.69. The lowest BCUT2D eigenvalue weighted by atomic mass is 9.87. The summed E-state index contributed by atoms with van der Waals surface area (Å²) in [5.41, 5.74) is 0. The molecule has 0 aromatic rings. The van der Waals surface area contributed by atoms with Gasteiger partial charge in [-0.2, -0.15) is 74.6 Å². The van der Waals surface area contributed by atoms with E-state index in [0.717, 1.165) is 0 Å². The fourth-order valence-electron chi connectivity index (χ4n) is 2.52. The van der Waals surface area contributed by atoms with Crippen LogP contribution < -0.4 is 0 Å². The van der Waals surface area contributed by atoms with Crippen molar-refractivity contribution in [3.8, 4) is 0 Å². The highest BCUT2D eigenvalue weighted by molar-refractivity contribution is 5.15. The normalized spacial score (nSPS) is 15.6. The van der Waals surface area contributed by atoms with Crippen LogP contribution in [0, 0.1) is 0 Å². The van der Waals surface area contributed by atoms with Crippen LogP contribution >= 0.6 is 0 Å². The molecule has 0 saturated heterocycles. The Morgan fingerprint density at radius 2 is 0.735 bits per heavy atom. The molecule has 0 N–H and O–H groups in total. The second kappa shape index (κ2) is 9.90. The van der Waals surface area contributed by atoms with Crippen LogP contribution in [0.25, 0.3) is 0 Å². The Kier molecular flexibility index (Phi) is 9.47. The van der Waals surface area contributed by atoms with E-state index in [1.807, 2.05) is 0 Å². The highest BCUT2D eigenvalue weighted by atomic mass is 19.4. The summed E-state index contributed by atoms with van der Waals surface area (Å²) >= 11 is 0. The number of halogens is 17. The number of rotatable bonds is 14. The van der Waals surface area contributed by atoms with Gasteiger partial charge in [-0.1, -0.05) is 25.3 Å². The smallest absolute Gasteiger partial charge is 0.200 e. The van der Waals surface area contributed by atoms with Crippen molar-refractivity contribution in [1.82, 2.24) is 0 Å². The third-order valence-electron chi connectivity index (χ3n) is 4.69. The zero-order valence-corrected chi connectivity index (χ0v) is 16.7. The molecule has 0 rings (SSSR count). The van der Waals surface area contributed by atoms with Crippen LogP contribution in [-0.4, -0.2) is 47.6 Å². The number of alkyl halides is 17. The molecule has 34 heavy (non-hydrogen) atoms. The lowest BCUT2D eigenvalue weighted by Gasteiger charge is -2.42. The summed E-state index contributed by atoms with van der Waals surface area (Å²) in [6, 6.07) is 0. The second-order valence-electron chi connectivity index (χ2n) is 7.24. The van der Waals surface area contributed by atoms with Gasteiger partial charge in [0.15, 0.2) is 0 Å². The highest BCUT2D eigenvalue weighted by Gasteiger charge is 2.95. The molecule has 0 unspecified atom stereocenters. The van der Waals surface area contributed by atoms with Crippen molar-refractivity contribution >= 4 is 0 Å².